The van der Waals surface area contributed by atoms with E-state index in [4.69, 9.17) is 5.41 Å². The summed E-state index contributed by atoms with van der Waals surface area (Å²) in [6, 6.07) is 6.94. The number of nitrogens with one attached hydrogen (secondary N) is 1. The maximum absolute atomic E-state index is 13.6. The zero-order valence-electron chi connectivity index (χ0n) is 8.59. The largest absolute Gasteiger partial charge is 0.508 e. The number of aromatic hydroxyl groups is 1. The Labute approximate surface area is 95.7 Å². The Morgan fingerprint density at radius 3 is 2.41 bits per heavy atom. The van der Waals surface area contributed by atoms with Crippen LogP contribution in [0.1, 0.15) is 11.1 Å². The quantitative estimate of drug-likeness (QED) is 0.613. The van der Waals surface area contributed by atoms with Crippen molar-refractivity contribution in [1.82, 2.24) is 0 Å². The van der Waals surface area contributed by atoms with Gasteiger partial charge in [-0.25, -0.2) is 8.78 Å². The fourth-order valence-corrected chi connectivity index (χ4v) is 2.13. The topological polar surface area (TPSA) is 44.1 Å². The number of halogens is 2. The van der Waals surface area contributed by atoms with Crippen LogP contribution in [-0.2, 0) is 0 Å². The summed E-state index contributed by atoms with van der Waals surface area (Å²) in [5.41, 5.74) is 1.42. The first kappa shape index (κ1) is 9.96. The van der Waals surface area contributed by atoms with E-state index >= 15 is 0 Å². The second kappa shape index (κ2) is 3.13. The van der Waals surface area contributed by atoms with Crippen LogP contribution in [0.4, 0.5) is 8.78 Å². The third-order valence-electron chi connectivity index (χ3n) is 2.91. The zero-order chi connectivity index (χ0) is 12.2. The fourth-order valence-electron chi connectivity index (χ4n) is 2.13. The first-order valence-electron chi connectivity index (χ1n) is 5.00. The number of benzene rings is 2. The highest BCUT2D eigenvalue weighted by atomic mass is 19.2. The van der Waals surface area contributed by atoms with Crippen LogP contribution < -0.4 is 0 Å². The Hall–Kier alpha value is -2.23. The van der Waals surface area contributed by atoms with Crippen LogP contribution in [-0.4, -0.2) is 10.8 Å². The Morgan fingerprint density at radius 2 is 1.65 bits per heavy atom. The Bertz CT molecular complexity index is 665. The summed E-state index contributed by atoms with van der Waals surface area (Å²) >= 11 is 0. The minimum absolute atomic E-state index is 0.00202. The van der Waals surface area contributed by atoms with Crippen molar-refractivity contribution in [1.29, 1.82) is 5.41 Å². The van der Waals surface area contributed by atoms with E-state index in [9.17, 15) is 13.9 Å². The molecule has 0 unspecified atom stereocenters. The van der Waals surface area contributed by atoms with Gasteiger partial charge in [0.05, 0.1) is 5.71 Å². The molecule has 4 heteroatoms. The first-order valence-corrected chi connectivity index (χ1v) is 5.00. The maximum Gasteiger partial charge on any atom is 0.168 e. The van der Waals surface area contributed by atoms with E-state index in [0.29, 0.717) is 16.7 Å². The van der Waals surface area contributed by atoms with Crippen molar-refractivity contribution in [2.75, 3.05) is 0 Å². The molecule has 2 aromatic carbocycles. The highest BCUT2D eigenvalue weighted by Crippen LogP contribution is 2.39. The molecular weight excluding hydrogens is 224 g/mol. The van der Waals surface area contributed by atoms with Crippen LogP contribution in [0.15, 0.2) is 30.3 Å². The lowest BCUT2D eigenvalue weighted by molar-refractivity contribution is 0.475. The molecule has 1 aliphatic rings. The molecule has 1 aliphatic carbocycles. The lowest BCUT2D eigenvalue weighted by Gasteiger charge is -2.01. The van der Waals surface area contributed by atoms with Crippen LogP contribution in [0.2, 0.25) is 0 Å². The molecule has 0 heterocycles. The SMILES string of the molecule is N=C1c2cc(O)ccc2-c2ccc(F)c(F)c21. The number of fused-ring (bicyclic) bond motifs is 3. The van der Waals surface area contributed by atoms with Gasteiger partial charge in [0.2, 0.25) is 0 Å². The molecular formula is C13H7F2NO. The molecule has 0 spiro atoms. The summed E-state index contributed by atoms with van der Waals surface area (Å²) in [7, 11) is 0. The summed E-state index contributed by atoms with van der Waals surface area (Å²) in [6.45, 7) is 0. The second-order valence-corrected chi connectivity index (χ2v) is 3.89. The van der Waals surface area contributed by atoms with E-state index in [1.807, 2.05) is 0 Å². The molecule has 0 atom stereocenters. The summed E-state index contributed by atoms with van der Waals surface area (Å²) < 4.78 is 26.8. The summed E-state index contributed by atoms with van der Waals surface area (Å²) in [5, 5.41) is 17.2. The molecule has 0 radical (unpaired) electrons. The Kier molecular flexibility index (Phi) is 1.84. The van der Waals surface area contributed by atoms with E-state index in [1.165, 1.54) is 18.2 Å². The minimum Gasteiger partial charge on any atom is -0.508 e. The fraction of sp³-hybridized carbons (Fsp3) is 0. The average Bonchev–Trinajstić information content (AvgIpc) is 2.58. The van der Waals surface area contributed by atoms with Gasteiger partial charge in [0.15, 0.2) is 11.6 Å². The van der Waals surface area contributed by atoms with Gasteiger partial charge in [0.25, 0.3) is 0 Å². The van der Waals surface area contributed by atoms with E-state index < -0.39 is 11.6 Å². The minimum atomic E-state index is -1.01. The van der Waals surface area contributed by atoms with Gasteiger partial charge in [-0.2, -0.15) is 0 Å². The monoisotopic (exact) mass is 231 g/mol. The van der Waals surface area contributed by atoms with Crippen molar-refractivity contribution >= 4 is 5.71 Å². The smallest absolute Gasteiger partial charge is 0.168 e. The van der Waals surface area contributed by atoms with Crippen LogP contribution in [0, 0.1) is 17.0 Å². The highest BCUT2D eigenvalue weighted by molar-refractivity contribution is 6.23. The number of phenolic OH excluding ortho intramolecular Hbond substituents is 1. The van der Waals surface area contributed by atoms with Gasteiger partial charge in [-0.1, -0.05) is 12.1 Å². The van der Waals surface area contributed by atoms with Gasteiger partial charge in [-0.05, 0) is 29.3 Å². The standard InChI is InChI=1S/C13H7F2NO/c14-10-4-3-8-7-2-1-6(17)5-9(7)13(16)11(8)12(10)15/h1-5,16-17H. The van der Waals surface area contributed by atoms with Gasteiger partial charge >= 0.3 is 0 Å². The second-order valence-electron chi connectivity index (χ2n) is 3.89. The molecule has 2 aromatic rings. The van der Waals surface area contributed by atoms with E-state index in [-0.39, 0.29) is 17.0 Å². The summed E-state index contributed by atoms with van der Waals surface area (Å²) in [4.78, 5) is 0. The van der Waals surface area contributed by atoms with E-state index in [0.717, 1.165) is 6.07 Å². The molecule has 0 saturated carbocycles. The molecule has 84 valence electrons. The Balaban J connectivity index is 2.38. The molecule has 0 fully saturated rings. The Morgan fingerprint density at radius 1 is 0.941 bits per heavy atom. The third kappa shape index (κ3) is 1.21. The predicted octanol–water partition coefficient (Wildman–Crippen LogP) is 3.07. The van der Waals surface area contributed by atoms with E-state index in [1.54, 1.807) is 6.07 Å². The molecule has 17 heavy (non-hydrogen) atoms. The van der Waals surface area contributed by atoms with Gasteiger partial charge in [-0.3, -0.25) is 5.41 Å². The van der Waals surface area contributed by atoms with Crippen LogP contribution in [0.5, 0.6) is 5.75 Å². The molecule has 0 aliphatic heterocycles. The first-order chi connectivity index (χ1) is 8.09. The van der Waals surface area contributed by atoms with Crippen LogP contribution >= 0.6 is 0 Å². The lowest BCUT2D eigenvalue weighted by Crippen LogP contribution is -2.00. The van der Waals surface area contributed by atoms with Gasteiger partial charge in [0, 0.05) is 11.1 Å². The molecule has 2 nitrogen and oxygen atoms in total. The van der Waals surface area contributed by atoms with Gasteiger partial charge in [-0.15, -0.1) is 0 Å². The molecule has 0 amide bonds. The maximum atomic E-state index is 13.6. The lowest BCUT2D eigenvalue weighted by atomic mass is 10.1. The van der Waals surface area contributed by atoms with Crippen molar-refractivity contribution in [2.45, 2.75) is 0 Å². The van der Waals surface area contributed by atoms with Crippen molar-refractivity contribution in [3.8, 4) is 16.9 Å². The molecule has 0 bridgehead atoms. The van der Waals surface area contributed by atoms with Crippen molar-refractivity contribution in [3.63, 3.8) is 0 Å². The summed E-state index contributed by atoms with van der Waals surface area (Å²) in [6.07, 6.45) is 0. The zero-order valence-corrected chi connectivity index (χ0v) is 8.59. The molecule has 3 rings (SSSR count). The molecule has 0 saturated heterocycles. The number of hydrogen-bond acceptors (Lipinski definition) is 2. The van der Waals surface area contributed by atoms with Gasteiger partial charge < -0.3 is 5.11 Å². The average molecular weight is 231 g/mol. The van der Waals surface area contributed by atoms with Crippen molar-refractivity contribution < 1.29 is 13.9 Å². The third-order valence-corrected chi connectivity index (χ3v) is 2.91. The number of rotatable bonds is 0. The summed E-state index contributed by atoms with van der Waals surface area (Å²) in [5.74, 6) is -1.98. The number of hydrogen-bond donors (Lipinski definition) is 2. The normalized spacial score (nSPS) is 12.5. The van der Waals surface area contributed by atoms with Crippen molar-refractivity contribution in [3.05, 3.63) is 53.1 Å². The number of phenols is 1. The highest BCUT2D eigenvalue weighted by Gasteiger charge is 2.28. The van der Waals surface area contributed by atoms with Crippen molar-refractivity contribution in [2.24, 2.45) is 0 Å². The van der Waals surface area contributed by atoms with Crippen LogP contribution in [0.3, 0.4) is 0 Å². The predicted molar refractivity (Wildman–Crippen MR) is 59.4 cm³/mol. The van der Waals surface area contributed by atoms with Crippen LogP contribution in [0.25, 0.3) is 11.1 Å². The molecule has 2 N–H and O–H groups in total. The molecule has 0 aromatic heterocycles. The van der Waals surface area contributed by atoms with Gasteiger partial charge in [0.1, 0.15) is 5.75 Å². The van der Waals surface area contributed by atoms with E-state index in [2.05, 4.69) is 0 Å².